The first kappa shape index (κ1) is 29.1. The van der Waals surface area contributed by atoms with Crippen molar-refractivity contribution in [3.8, 4) is 0 Å². The summed E-state index contributed by atoms with van der Waals surface area (Å²) in [6.07, 6.45) is 8.53. The van der Waals surface area contributed by atoms with Gasteiger partial charge < -0.3 is 25.5 Å². The number of cyclic esters (lactones) is 1. The van der Waals surface area contributed by atoms with Crippen molar-refractivity contribution in [1.82, 2.24) is 15.6 Å². The second-order valence-electron chi connectivity index (χ2n) is 10.6. The van der Waals surface area contributed by atoms with Crippen molar-refractivity contribution >= 4 is 28.7 Å². The number of hydrogen-bond donors (Lipinski definition) is 4. The third-order valence-electron chi connectivity index (χ3n) is 7.33. The lowest BCUT2D eigenvalue weighted by molar-refractivity contribution is -0.150. The molecule has 1 aliphatic rings. The van der Waals surface area contributed by atoms with Crippen LogP contribution in [0.25, 0.3) is 10.9 Å². The van der Waals surface area contributed by atoms with Crippen LogP contribution < -0.4 is 10.6 Å². The number of ether oxygens (including phenoxy) is 1. The van der Waals surface area contributed by atoms with Gasteiger partial charge in [-0.1, -0.05) is 60.7 Å². The molecule has 3 aromatic rings. The Morgan fingerprint density at radius 2 is 1.82 bits per heavy atom. The number of carbonyl (C=O) groups excluding carboxylic acids is 3. The molecule has 4 rings (SSSR count). The van der Waals surface area contributed by atoms with Crippen LogP contribution in [-0.2, 0) is 32.0 Å². The van der Waals surface area contributed by atoms with Crippen molar-refractivity contribution in [1.29, 1.82) is 0 Å². The quantitative estimate of drug-likeness (QED) is 0.253. The van der Waals surface area contributed by atoms with Crippen molar-refractivity contribution < 1.29 is 24.2 Å². The zero-order valence-corrected chi connectivity index (χ0v) is 23.0. The number of carbonyl (C=O) groups is 3. The van der Waals surface area contributed by atoms with Crippen LogP contribution in [0.15, 0.2) is 72.9 Å². The van der Waals surface area contributed by atoms with Gasteiger partial charge in [-0.25, -0.2) is 0 Å². The van der Waals surface area contributed by atoms with Gasteiger partial charge in [-0.05, 0) is 56.2 Å². The molecule has 2 aromatic carbocycles. The SMILES string of the molecule is C[C@H](CO)NC(=O)C[C@H]1CC=CCC[C@H](Cc2ccccc2)C(=O)OC[C@H](Cc2c[nH]c3ccccc23)NC1=O. The molecule has 0 bridgehead atoms. The van der Waals surface area contributed by atoms with E-state index in [1.54, 1.807) is 6.92 Å². The van der Waals surface area contributed by atoms with Gasteiger partial charge in [-0.2, -0.15) is 0 Å². The van der Waals surface area contributed by atoms with Crippen molar-refractivity contribution in [3.63, 3.8) is 0 Å². The van der Waals surface area contributed by atoms with Gasteiger partial charge in [0.15, 0.2) is 0 Å². The van der Waals surface area contributed by atoms with Crippen LogP contribution in [0.2, 0.25) is 0 Å². The van der Waals surface area contributed by atoms with Crippen LogP contribution in [0.5, 0.6) is 0 Å². The summed E-state index contributed by atoms with van der Waals surface area (Å²) in [5, 5.41) is 16.1. The van der Waals surface area contributed by atoms with Gasteiger partial charge in [0.1, 0.15) is 6.61 Å². The standard InChI is InChI=1S/C32H39N3O5/c1-22(20-36)34-30(37)18-24-12-6-3-7-13-25(16-23-10-4-2-5-11-23)32(39)40-21-27(35-31(24)38)17-26-19-33-29-15-9-8-14-28(26)29/h2-6,8-11,14-15,19,22,24-25,27,33,36H,7,12-13,16-18,20-21H2,1H3,(H,34,37)(H,35,38)/t22-,24-,25-,27+/m1/s1. The number of aromatic amines is 1. The maximum absolute atomic E-state index is 13.5. The number of fused-ring (bicyclic) bond motifs is 1. The van der Waals surface area contributed by atoms with Gasteiger partial charge in [0, 0.05) is 29.6 Å². The van der Waals surface area contributed by atoms with Gasteiger partial charge in [-0.15, -0.1) is 0 Å². The first-order valence-electron chi connectivity index (χ1n) is 14.0. The van der Waals surface area contributed by atoms with E-state index in [4.69, 9.17) is 4.74 Å². The Hall–Kier alpha value is -3.91. The lowest BCUT2D eigenvalue weighted by atomic mass is 9.94. The van der Waals surface area contributed by atoms with Crippen molar-refractivity contribution in [2.45, 2.75) is 57.5 Å². The van der Waals surface area contributed by atoms with Crippen LogP contribution >= 0.6 is 0 Å². The third kappa shape index (κ3) is 8.29. The number of para-hydroxylation sites is 1. The number of aliphatic hydroxyl groups excluding tert-OH is 1. The number of allylic oxidation sites excluding steroid dienone is 2. The van der Waals surface area contributed by atoms with E-state index in [-0.39, 0.29) is 43.3 Å². The molecule has 0 unspecified atom stereocenters. The zero-order valence-electron chi connectivity index (χ0n) is 23.0. The molecular formula is C32H39N3O5. The van der Waals surface area contributed by atoms with E-state index < -0.39 is 18.0 Å². The molecule has 2 amide bonds. The molecule has 8 nitrogen and oxygen atoms in total. The van der Waals surface area contributed by atoms with E-state index in [9.17, 15) is 19.5 Å². The molecule has 4 N–H and O–H groups in total. The largest absolute Gasteiger partial charge is 0.463 e. The normalized spacial score (nSPS) is 21.4. The molecule has 8 heteroatoms. The Morgan fingerprint density at radius 1 is 1.05 bits per heavy atom. The Labute approximate surface area is 235 Å². The highest BCUT2D eigenvalue weighted by atomic mass is 16.5. The van der Waals surface area contributed by atoms with Crippen LogP contribution in [-0.4, -0.2) is 53.2 Å². The average Bonchev–Trinajstić information content (AvgIpc) is 3.37. The summed E-state index contributed by atoms with van der Waals surface area (Å²) in [5.41, 5.74) is 3.07. The number of aromatic nitrogens is 1. The molecule has 1 aromatic heterocycles. The van der Waals surface area contributed by atoms with Crippen molar-refractivity contribution in [2.75, 3.05) is 13.2 Å². The number of esters is 1. The maximum atomic E-state index is 13.5. The lowest BCUT2D eigenvalue weighted by Crippen LogP contribution is -2.45. The molecule has 2 heterocycles. The molecule has 212 valence electrons. The van der Waals surface area contributed by atoms with E-state index in [2.05, 4.69) is 15.6 Å². The van der Waals surface area contributed by atoms with E-state index in [0.717, 1.165) is 22.0 Å². The number of H-pyrrole nitrogens is 1. The van der Waals surface area contributed by atoms with E-state index in [1.165, 1.54) is 0 Å². The Morgan fingerprint density at radius 3 is 2.62 bits per heavy atom. The van der Waals surface area contributed by atoms with Crippen LogP contribution in [0.4, 0.5) is 0 Å². The van der Waals surface area contributed by atoms with E-state index in [1.807, 2.05) is 72.9 Å². The highest BCUT2D eigenvalue weighted by Gasteiger charge is 2.27. The van der Waals surface area contributed by atoms with Crippen molar-refractivity contribution in [3.05, 3.63) is 84.1 Å². The second-order valence-corrected chi connectivity index (χ2v) is 10.6. The smallest absolute Gasteiger partial charge is 0.309 e. The van der Waals surface area contributed by atoms with Crippen LogP contribution in [0.3, 0.4) is 0 Å². The predicted molar refractivity (Wildman–Crippen MR) is 154 cm³/mol. The van der Waals surface area contributed by atoms with Crippen molar-refractivity contribution in [2.24, 2.45) is 11.8 Å². The van der Waals surface area contributed by atoms with Gasteiger partial charge in [-0.3, -0.25) is 14.4 Å². The number of amides is 2. The predicted octanol–water partition coefficient (Wildman–Crippen LogP) is 3.84. The minimum absolute atomic E-state index is 0.00324. The maximum Gasteiger partial charge on any atom is 0.309 e. The summed E-state index contributed by atoms with van der Waals surface area (Å²) in [5.74, 6) is -1.73. The summed E-state index contributed by atoms with van der Waals surface area (Å²) < 4.78 is 5.85. The Balaban J connectivity index is 1.55. The monoisotopic (exact) mass is 545 g/mol. The van der Waals surface area contributed by atoms with Gasteiger partial charge >= 0.3 is 5.97 Å². The fraction of sp³-hybridized carbons (Fsp3) is 0.406. The van der Waals surface area contributed by atoms with Gasteiger partial charge in [0.2, 0.25) is 11.8 Å². The number of benzene rings is 2. The first-order valence-corrected chi connectivity index (χ1v) is 14.0. The molecule has 0 saturated heterocycles. The average molecular weight is 546 g/mol. The molecule has 4 atom stereocenters. The lowest BCUT2D eigenvalue weighted by Gasteiger charge is -2.23. The third-order valence-corrected chi connectivity index (χ3v) is 7.33. The molecule has 0 aliphatic carbocycles. The number of aliphatic hydroxyl groups is 1. The van der Waals surface area contributed by atoms with Crippen LogP contribution in [0, 0.1) is 11.8 Å². The summed E-state index contributed by atoms with van der Waals surface area (Å²) in [7, 11) is 0. The number of nitrogens with one attached hydrogen (secondary N) is 3. The molecule has 0 spiro atoms. The number of rotatable bonds is 8. The van der Waals surface area contributed by atoms with E-state index in [0.29, 0.717) is 32.1 Å². The fourth-order valence-electron chi connectivity index (χ4n) is 5.10. The fourth-order valence-corrected chi connectivity index (χ4v) is 5.10. The Kier molecular flexibility index (Phi) is 10.5. The summed E-state index contributed by atoms with van der Waals surface area (Å²) in [4.78, 5) is 42.6. The van der Waals surface area contributed by atoms with Crippen LogP contribution in [0.1, 0.15) is 43.7 Å². The molecular weight excluding hydrogens is 506 g/mol. The van der Waals surface area contributed by atoms with E-state index >= 15 is 0 Å². The highest BCUT2D eigenvalue weighted by molar-refractivity contribution is 5.86. The summed E-state index contributed by atoms with van der Waals surface area (Å²) >= 11 is 0. The minimum Gasteiger partial charge on any atom is -0.463 e. The number of hydrogen-bond acceptors (Lipinski definition) is 5. The first-order chi connectivity index (χ1) is 19.4. The Bertz CT molecular complexity index is 1300. The topological polar surface area (TPSA) is 121 Å². The molecule has 1 aliphatic heterocycles. The zero-order chi connectivity index (χ0) is 28.3. The summed E-state index contributed by atoms with van der Waals surface area (Å²) in [6.45, 7) is 1.56. The summed E-state index contributed by atoms with van der Waals surface area (Å²) in [6, 6.07) is 17.0. The molecule has 40 heavy (non-hydrogen) atoms. The second kappa shape index (κ2) is 14.5. The molecule has 0 fully saturated rings. The molecule has 0 saturated carbocycles. The van der Waals surface area contributed by atoms with Gasteiger partial charge in [0.25, 0.3) is 0 Å². The molecule has 0 radical (unpaired) electrons. The highest BCUT2D eigenvalue weighted by Crippen LogP contribution is 2.22. The van der Waals surface area contributed by atoms with Gasteiger partial charge in [0.05, 0.1) is 24.5 Å². The minimum atomic E-state index is -0.593.